The van der Waals surface area contributed by atoms with Crippen LogP contribution in [-0.4, -0.2) is 33.2 Å². The van der Waals surface area contributed by atoms with Gasteiger partial charge in [0, 0.05) is 18.1 Å². The van der Waals surface area contributed by atoms with Gasteiger partial charge in [0.25, 0.3) is 5.91 Å². The van der Waals surface area contributed by atoms with E-state index in [-0.39, 0.29) is 11.9 Å². The summed E-state index contributed by atoms with van der Waals surface area (Å²) in [6.45, 7) is 3.54. The summed E-state index contributed by atoms with van der Waals surface area (Å²) in [6, 6.07) is 9.73. The van der Waals surface area contributed by atoms with Gasteiger partial charge < -0.3 is 9.32 Å². The first kappa shape index (κ1) is 14.1. The molecule has 1 aliphatic heterocycles. The van der Waals surface area contributed by atoms with E-state index in [2.05, 4.69) is 5.10 Å². The van der Waals surface area contributed by atoms with Gasteiger partial charge in [-0.1, -0.05) is 18.2 Å². The molecular weight excluding hydrogens is 290 g/mol. The lowest BCUT2D eigenvalue weighted by molar-refractivity contribution is 0.0691. The molecule has 118 valence electrons. The van der Waals surface area contributed by atoms with Crippen LogP contribution in [0.25, 0.3) is 11.0 Å². The Morgan fingerprint density at radius 2 is 2.26 bits per heavy atom. The van der Waals surface area contributed by atoms with Crippen LogP contribution < -0.4 is 0 Å². The first-order valence-corrected chi connectivity index (χ1v) is 7.99. The van der Waals surface area contributed by atoms with E-state index in [9.17, 15) is 4.79 Å². The fourth-order valence-corrected chi connectivity index (χ4v) is 3.30. The van der Waals surface area contributed by atoms with Crippen molar-refractivity contribution in [1.29, 1.82) is 0 Å². The number of aryl methyl sites for hydroxylation is 1. The molecule has 1 fully saturated rings. The zero-order chi connectivity index (χ0) is 15.8. The molecule has 1 unspecified atom stereocenters. The minimum absolute atomic E-state index is 0.0208. The Kier molecular flexibility index (Phi) is 3.41. The highest BCUT2D eigenvalue weighted by Crippen LogP contribution is 2.25. The average Bonchev–Trinajstić information content (AvgIpc) is 3.26. The van der Waals surface area contributed by atoms with Crippen LogP contribution >= 0.6 is 0 Å². The second-order valence-corrected chi connectivity index (χ2v) is 6.18. The second-order valence-electron chi connectivity index (χ2n) is 6.18. The molecule has 0 N–H and O–H groups in total. The Hall–Kier alpha value is -2.56. The van der Waals surface area contributed by atoms with E-state index in [1.165, 1.54) is 0 Å². The molecule has 0 aliphatic carbocycles. The van der Waals surface area contributed by atoms with Gasteiger partial charge in [0.15, 0.2) is 5.76 Å². The highest BCUT2D eigenvalue weighted by molar-refractivity contribution is 5.96. The number of aromatic nitrogens is 2. The fourth-order valence-electron chi connectivity index (χ4n) is 3.30. The highest BCUT2D eigenvalue weighted by atomic mass is 16.3. The number of benzene rings is 1. The largest absolute Gasteiger partial charge is 0.451 e. The number of rotatable bonds is 3. The van der Waals surface area contributed by atoms with Gasteiger partial charge in [0.05, 0.1) is 18.8 Å². The van der Waals surface area contributed by atoms with Gasteiger partial charge in [-0.15, -0.1) is 0 Å². The van der Waals surface area contributed by atoms with Crippen LogP contribution in [0.1, 0.15) is 29.0 Å². The van der Waals surface area contributed by atoms with E-state index >= 15 is 0 Å². The molecule has 1 aromatic carbocycles. The molecule has 0 spiro atoms. The number of hydrogen-bond donors (Lipinski definition) is 0. The zero-order valence-corrected chi connectivity index (χ0v) is 13.1. The van der Waals surface area contributed by atoms with Crippen molar-refractivity contribution in [2.24, 2.45) is 0 Å². The van der Waals surface area contributed by atoms with E-state index in [0.29, 0.717) is 5.76 Å². The van der Waals surface area contributed by atoms with Crippen molar-refractivity contribution in [3.8, 4) is 0 Å². The standard InChI is InChI=1S/C18H19N3O2/c1-13-10-19-20(11-13)12-15-6-4-8-21(15)18(22)17-9-14-5-2-3-7-16(14)23-17/h2-3,5,7,9-11,15H,4,6,8,12H2,1H3. The van der Waals surface area contributed by atoms with Crippen molar-refractivity contribution >= 4 is 16.9 Å². The van der Waals surface area contributed by atoms with Gasteiger partial charge in [-0.3, -0.25) is 9.48 Å². The van der Waals surface area contributed by atoms with Crippen LogP contribution in [0, 0.1) is 6.92 Å². The molecule has 5 heteroatoms. The maximum Gasteiger partial charge on any atom is 0.289 e. The molecule has 4 rings (SSSR count). The molecule has 0 saturated carbocycles. The molecule has 5 nitrogen and oxygen atoms in total. The maximum absolute atomic E-state index is 12.8. The molecular formula is C18H19N3O2. The predicted molar refractivity (Wildman–Crippen MR) is 87.2 cm³/mol. The number of carbonyl (C=O) groups excluding carboxylic acids is 1. The van der Waals surface area contributed by atoms with Crippen LogP contribution in [-0.2, 0) is 6.54 Å². The SMILES string of the molecule is Cc1cnn(CC2CCCN2C(=O)c2cc3ccccc3o2)c1. The lowest BCUT2D eigenvalue weighted by atomic mass is 10.2. The quantitative estimate of drug-likeness (QED) is 0.746. The second kappa shape index (κ2) is 5.57. The van der Waals surface area contributed by atoms with Gasteiger partial charge >= 0.3 is 0 Å². The van der Waals surface area contributed by atoms with Gasteiger partial charge in [0.1, 0.15) is 5.58 Å². The Bertz CT molecular complexity index is 816. The molecule has 1 atom stereocenters. The van der Waals surface area contributed by atoms with Crippen LogP contribution in [0.3, 0.4) is 0 Å². The molecule has 23 heavy (non-hydrogen) atoms. The number of nitrogens with zero attached hydrogens (tertiary/aromatic N) is 3. The lowest BCUT2D eigenvalue weighted by Crippen LogP contribution is -2.38. The maximum atomic E-state index is 12.8. The molecule has 1 amide bonds. The summed E-state index contributed by atoms with van der Waals surface area (Å²) in [6.07, 6.45) is 5.89. The first-order chi connectivity index (χ1) is 11.2. The Labute approximate surface area is 134 Å². The summed E-state index contributed by atoms with van der Waals surface area (Å²) in [5.74, 6) is 0.405. The third-order valence-corrected chi connectivity index (χ3v) is 4.43. The van der Waals surface area contributed by atoms with Crippen molar-refractivity contribution in [3.05, 3.63) is 54.0 Å². The number of hydrogen-bond acceptors (Lipinski definition) is 3. The van der Waals surface area contributed by atoms with Gasteiger partial charge in [-0.2, -0.15) is 5.10 Å². The number of likely N-dealkylation sites (tertiary alicyclic amines) is 1. The van der Waals surface area contributed by atoms with Gasteiger partial charge in [-0.05, 0) is 37.5 Å². The minimum Gasteiger partial charge on any atom is -0.451 e. The normalized spacial score (nSPS) is 18.0. The summed E-state index contributed by atoms with van der Waals surface area (Å²) < 4.78 is 7.65. The van der Waals surface area contributed by atoms with Crippen molar-refractivity contribution in [2.75, 3.05) is 6.54 Å². The fraction of sp³-hybridized carbons (Fsp3) is 0.333. The molecule has 2 aromatic heterocycles. The summed E-state index contributed by atoms with van der Waals surface area (Å²) in [5, 5.41) is 5.30. The summed E-state index contributed by atoms with van der Waals surface area (Å²) in [7, 11) is 0. The van der Waals surface area contributed by atoms with Crippen molar-refractivity contribution in [1.82, 2.24) is 14.7 Å². The average molecular weight is 309 g/mol. The van der Waals surface area contributed by atoms with Crippen molar-refractivity contribution in [2.45, 2.75) is 32.4 Å². The predicted octanol–water partition coefficient (Wildman–Crippen LogP) is 3.24. The van der Waals surface area contributed by atoms with Gasteiger partial charge in [0.2, 0.25) is 0 Å². The Balaban J connectivity index is 1.56. The van der Waals surface area contributed by atoms with E-state index in [4.69, 9.17) is 4.42 Å². The Morgan fingerprint density at radius 3 is 3.04 bits per heavy atom. The third kappa shape index (κ3) is 2.63. The van der Waals surface area contributed by atoms with E-state index in [1.54, 1.807) is 0 Å². The number of carbonyl (C=O) groups is 1. The van der Waals surface area contributed by atoms with Crippen molar-refractivity contribution < 1.29 is 9.21 Å². The van der Waals surface area contributed by atoms with Crippen LogP contribution in [0.15, 0.2) is 47.1 Å². The van der Waals surface area contributed by atoms with Gasteiger partial charge in [-0.25, -0.2) is 0 Å². The number of amides is 1. The van der Waals surface area contributed by atoms with Crippen LogP contribution in [0.2, 0.25) is 0 Å². The Morgan fingerprint density at radius 1 is 1.39 bits per heavy atom. The zero-order valence-electron chi connectivity index (χ0n) is 13.1. The molecule has 3 heterocycles. The monoisotopic (exact) mass is 309 g/mol. The summed E-state index contributed by atoms with van der Waals surface area (Å²) in [5.41, 5.74) is 1.90. The van der Waals surface area contributed by atoms with Crippen molar-refractivity contribution in [3.63, 3.8) is 0 Å². The molecule has 0 bridgehead atoms. The summed E-state index contributed by atoms with van der Waals surface area (Å²) in [4.78, 5) is 14.8. The molecule has 1 aliphatic rings. The van der Waals surface area contributed by atoms with Crippen LogP contribution in [0.5, 0.6) is 0 Å². The highest BCUT2D eigenvalue weighted by Gasteiger charge is 2.31. The van der Waals surface area contributed by atoms with Crippen LogP contribution in [0.4, 0.5) is 0 Å². The number of para-hydroxylation sites is 1. The summed E-state index contributed by atoms with van der Waals surface area (Å²) >= 11 is 0. The molecule has 3 aromatic rings. The smallest absolute Gasteiger partial charge is 0.289 e. The van der Waals surface area contributed by atoms with E-state index in [1.807, 2.05) is 59.2 Å². The van der Waals surface area contributed by atoms with E-state index in [0.717, 1.165) is 42.5 Å². The topological polar surface area (TPSA) is 51.3 Å². The number of furan rings is 1. The molecule has 0 radical (unpaired) electrons. The van der Waals surface area contributed by atoms with E-state index < -0.39 is 0 Å². The third-order valence-electron chi connectivity index (χ3n) is 4.43. The number of fused-ring (bicyclic) bond motifs is 1. The first-order valence-electron chi connectivity index (χ1n) is 7.99. The molecule has 1 saturated heterocycles. The lowest BCUT2D eigenvalue weighted by Gasteiger charge is -2.23. The minimum atomic E-state index is -0.0208.